The van der Waals surface area contributed by atoms with Gasteiger partial charge in [0.1, 0.15) is 0 Å². The van der Waals surface area contributed by atoms with Gasteiger partial charge in [-0.25, -0.2) is 9.97 Å². The number of allylic oxidation sites excluding steroid dienone is 3. The van der Waals surface area contributed by atoms with E-state index < -0.39 is 0 Å². The van der Waals surface area contributed by atoms with Crippen LogP contribution >= 0.6 is 11.8 Å². The van der Waals surface area contributed by atoms with Crippen molar-refractivity contribution < 1.29 is 0 Å². The van der Waals surface area contributed by atoms with Crippen LogP contribution in [0.4, 0.5) is 11.6 Å². The molecule has 1 aliphatic carbocycles. The predicted octanol–water partition coefficient (Wildman–Crippen LogP) is 6.89. The van der Waals surface area contributed by atoms with Gasteiger partial charge in [0.15, 0.2) is 0 Å². The molecule has 0 saturated heterocycles. The Morgan fingerprint density at radius 2 is 2.03 bits per heavy atom. The topological polar surface area (TPSA) is 67.7 Å². The van der Waals surface area contributed by atoms with Gasteiger partial charge in [0, 0.05) is 43.0 Å². The maximum atomic E-state index is 4.70. The Balaban J connectivity index is 1.40. The highest BCUT2D eigenvalue weighted by molar-refractivity contribution is 8.06. The first-order valence-corrected chi connectivity index (χ1v) is 13.2. The molecule has 4 rings (SSSR count). The van der Waals surface area contributed by atoms with Crippen molar-refractivity contribution in [3.8, 4) is 11.3 Å². The molecular weight excluding hydrogens is 452 g/mol. The van der Waals surface area contributed by atoms with Crippen molar-refractivity contribution in [3.05, 3.63) is 74.9 Å². The molecule has 7 heteroatoms. The highest BCUT2D eigenvalue weighted by Crippen LogP contribution is 2.39. The number of aromatic nitrogens is 4. The van der Waals surface area contributed by atoms with Crippen molar-refractivity contribution in [2.45, 2.75) is 59.9 Å². The third kappa shape index (κ3) is 6.61. The minimum atomic E-state index is 0.564. The Bertz CT molecular complexity index is 1240. The number of benzene rings is 1. The van der Waals surface area contributed by atoms with Crippen LogP contribution in [0, 0.1) is 6.92 Å². The van der Waals surface area contributed by atoms with Crippen LogP contribution < -0.4 is 10.6 Å². The number of nitrogens with one attached hydrogen (secondary N) is 2. The molecule has 0 spiro atoms. The van der Waals surface area contributed by atoms with Gasteiger partial charge in [0.25, 0.3) is 0 Å². The van der Waals surface area contributed by atoms with Gasteiger partial charge in [-0.2, -0.15) is 5.10 Å². The molecule has 0 unspecified atom stereocenters. The largest absolute Gasteiger partial charge is 0.321 e. The third-order valence-corrected chi connectivity index (χ3v) is 8.08. The predicted molar refractivity (Wildman–Crippen MR) is 148 cm³/mol. The highest BCUT2D eigenvalue weighted by Gasteiger charge is 2.15. The Morgan fingerprint density at radius 3 is 2.71 bits per heavy atom. The van der Waals surface area contributed by atoms with E-state index in [9.17, 15) is 0 Å². The van der Waals surface area contributed by atoms with Gasteiger partial charge in [-0.15, -0.1) is 0 Å². The van der Waals surface area contributed by atoms with Crippen LogP contribution in [0.2, 0.25) is 0 Å². The third-order valence-electron chi connectivity index (χ3n) is 6.54. The van der Waals surface area contributed by atoms with E-state index in [2.05, 4.69) is 66.6 Å². The van der Waals surface area contributed by atoms with Gasteiger partial charge in [-0.05, 0) is 74.6 Å². The van der Waals surface area contributed by atoms with Gasteiger partial charge < -0.3 is 10.6 Å². The normalized spacial score (nSPS) is 14.4. The van der Waals surface area contributed by atoms with Crippen LogP contribution in [0.15, 0.2) is 63.8 Å². The highest BCUT2D eigenvalue weighted by atomic mass is 32.2. The van der Waals surface area contributed by atoms with Gasteiger partial charge >= 0.3 is 0 Å². The lowest BCUT2D eigenvalue weighted by molar-refractivity contribution is 0.746. The zero-order chi connectivity index (χ0) is 24.8. The summed E-state index contributed by atoms with van der Waals surface area (Å²) in [6, 6.07) is 8.52. The lowest BCUT2D eigenvalue weighted by atomic mass is 10.0. The van der Waals surface area contributed by atoms with E-state index in [4.69, 9.17) is 4.98 Å². The summed E-state index contributed by atoms with van der Waals surface area (Å²) in [6.07, 6.45) is 10.3. The molecule has 2 aromatic heterocycles. The minimum absolute atomic E-state index is 0.564. The SMILES string of the molecule is CCC(C)=C(CNCc1ccc(-c2ccnc(Nc3cnn(C)c3)n2)cc1C)SC1=C(C)CCC1. The second-order valence-electron chi connectivity index (χ2n) is 9.25. The fourth-order valence-electron chi connectivity index (χ4n) is 4.18. The van der Waals surface area contributed by atoms with Crippen LogP contribution in [0.5, 0.6) is 0 Å². The standard InChI is InChI=1S/C28H36N6S/c1-6-19(2)27(35-26-9-7-8-20(26)3)17-29-15-23-11-10-22(14-21(23)4)25-12-13-30-28(33-25)32-24-16-31-34(5)18-24/h10-14,16,18,29H,6-9,15,17H2,1-5H3,(H,30,32,33). The molecule has 2 heterocycles. The maximum absolute atomic E-state index is 4.70. The summed E-state index contributed by atoms with van der Waals surface area (Å²) in [4.78, 5) is 12.1. The number of nitrogens with zero attached hydrogens (tertiary/aromatic N) is 4. The van der Waals surface area contributed by atoms with Gasteiger partial charge in [0.05, 0.1) is 17.6 Å². The summed E-state index contributed by atoms with van der Waals surface area (Å²) in [5, 5.41) is 11.1. The van der Waals surface area contributed by atoms with Gasteiger partial charge in [0.2, 0.25) is 5.95 Å². The van der Waals surface area contributed by atoms with Crippen molar-refractivity contribution in [2.75, 3.05) is 11.9 Å². The van der Waals surface area contributed by atoms with Crippen molar-refractivity contribution in [3.63, 3.8) is 0 Å². The molecule has 2 N–H and O–H groups in total. The molecule has 1 aliphatic rings. The van der Waals surface area contributed by atoms with Crippen LogP contribution in [0.25, 0.3) is 11.3 Å². The Morgan fingerprint density at radius 1 is 1.17 bits per heavy atom. The quantitative estimate of drug-likeness (QED) is 0.324. The fraction of sp³-hybridized carbons (Fsp3) is 0.393. The second kappa shape index (κ2) is 11.7. The summed E-state index contributed by atoms with van der Waals surface area (Å²) in [5.41, 5.74) is 8.49. The van der Waals surface area contributed by atoms with Crippen molar-refractivity contribution in [1.82, 2.24) is 25.1 Å². The second-order valence-corrected chi connectivity index (χ2v) is 10.4. The number of aryl methyl sites for hydroxylation is 2. The zero-order valence-corrected chi connectivity index (χ0v) is 22.3. The maximum Gasteiger partial charge on any atom is 0.227 e. The van der Waals surface area contributed by atoms with E-state index in [0.717, 1.165) is 36.5 Å². The average Bonchev–Trinajstić information content (AvgIpc) is 3.46. The Labute approximate surface area is 213 Å². The van der Waals surface area contributed by atoms with Crippen LogP contribution in [0.3, 0.4) is 0 Å². The number of anilines is 2. The summed E-state index contributed by atoms with van der Waals surface area (Å²) in [6.45, 7) is 10.8. The fourth-order valence-corrected chi connectivity index (χ4v) is 5.50. The number of hydrogen-bond donors (Lipinski definition) is 2. The first-order valence-electron chi connectivity index (χ1n) is 12.4. The number of hydrogen-bond acceptors (Lipinski definition) is 6. The molecular formula is C28H36N6S. The van der Waals surface area contributed by atoms with E-state index in [1.54, 1.807) is 27.6 Å². The summed E-state index contributed by atoms with van der Waals surface area (Å²) in [7, 11) is 1.89. The van der Waals surface area contributed by atoms with E-state index in [0.29, 0.717) is 5.95 Å². The van der Waals surface area contributed by atoms with E-state index >= 15 is 0 Å². The number of thioether (sulfide) groups is 1. The first kappa shape index (κ1) is 25.2. The molecule has 0 radical (unpaired) electrons. The Kier molecular flexibility index (Phi) is 8.42. The zero-order valence-electron chi connectivity index (χ0n) is 21.5. The molecule has 0 fully saturated rings. The molecule has 6 nitrogen and oxygen atoms in total. The summed E-state index contributed by atoms with van der Waals surface area (Å²) >= 11 is 2.01. The van der Waals surface area contributed by atoms with Crippen molar-refractivity contribution >= 4 is 23.4 Å². The molecule has 0 amide bonds. The first-order chi connectivity index (χ1) is 16.9. The molecule has 0 saturated carbocycles. The number of rotatable bonds is 10. The minimum Gasteiger partial charge on any atom is -0.321 e. The molecule has 0 atom stereocenters. The van der Waals surface area contributed by atoms with Gasteiger partial charge in [-0.1, -0.05) is 42.0 Å². The lowest BCUT2D eigenvalue weighted by Crippen LogP contribution is -2.17. The summed E-state index contributed by atoms with van der Waals surface area (Å²) < 4.78 is 1.75. The van der Waals surface area contributed by atoms with E-state index in [1.807, 2.05) is 31.1 Å². The van der Waals surface area contributed by atoms with Crippen LogP contribution in [-0.4, -0.2) is 26.3 Å². The molecule has 35 heavy (non-hydrogen) atoms. The molecule has 3 aromatic rings. The lowest BCUT2D eigenvalue weighted by Gasteiger charge is -2.15. The van der Waals surface area contributed by atoms with Crippen molar-refractivity contribution in [2.24, 2.45) is 7.05 Å². The van der Waals surface area contributed by atoms with Crippen LogP contribution in [-0.2, 0) is 13.6 Å². The van der Waals surface area contributed by atoms with E-state index in [1.165, 1.54) is 40.9 Å². The Hall–Kier alpha value is -2.90. The van der Waals surface area contributed by atoms with Gasteiger partial charge in [-0.3, -0.25) is 4.68 Å². The smallest absolute Gasteiger partial charge is 0.227 e. The molecule has 0 bridgehead atoms. The molecule has 1 aromatic carbocycles. The molecule has 184 valence electrons. The van der Waals surface area contributed by atoms with Crippen LogP contribution in [0.1, 0.15) is 57.6 Å². The van der Waals surface area contributed by atoms with E-state index in [-0.39, 0.29) is 0 Å². The average molecular weight is 489 g/mol. The van der Waals surface area contributed by atoms with Crippen molar-refractivity contribution in [1.29, 1.82) is 0 Å². The summed E-state index contributed by atoms with van der Waals surface area (Å²) in [5.74, 6) is 0.564. The molecule has 0 aliphatic heterocycles. The monoisotopic (exact) mass is 488 g/mol.